The van der Waals surface area contributed by atoms with Crippen molar-refractivity contribution in [2.75, 3.05) is 26.8 Å². The van der Waals surface area contributed by atoms with Crippen molar-refractivity contribution < 1.29 is 14.0 Å². The standard InChI is InChI=1S/C14H22N2O3/c1-11-6-12(15-19-11)8-16-5-3-4-14(10-16)7-13(17-2)9-18-14/h6,13H,3-5,7-10H2,1-2H3/t13-,14+/m1/s1. The first-order valence-electron chi connectivity index (χ1n) is 7.00. The molecule has 0 bridgehead atoms. The van der Waals surface area contributed by atoms with Crippen LogP contribution in [0.1, 0.15) is 30.7 Å². The number of methoxy groups -OCH3 is 1. The average molecular weight is 266 g/mol. The van der Waals surface area contributed by atoms with E-state index in [0.29, 0.717) is 0 Å². The molecule has 2 saturated heterocycles. The van der Waals surface area contributed by atoms with E-state index < -0.39 is 0 Å². The van der Waals surface area contributed by atoms with E-state index in [1.54, 1.807) is 7.11 Å². The Labute approximate surface area is 113 Å². The third kappa shape index (κ3) is 2.83. The minimum atomic E-state index is -0.00227. The molecule has 3 rings (SSSR count). The van der Waals surface area contributed by atoms with E-state index in [1.165, 1.54) is 6.42 Å². The maximum Gasteiger partial charge on any atom is 0.133 e. The maximum absolute atomic E-state index is 6.05. The lowest BCUT2D eigenvalue weighted by molar-refractivity contribution is -0.0546. The van der Waals surface area contributed by atoms with Crippen molar-refractivity contribution in [3.63, 3.8) is 0 Å². The van der Waals surface area contributed by atoms with Crippen LogP contribution in [0, 0.1) is 6.92 Å². The maximum atomic E-state index is 6.05. The van der Waals surface area contributed by atoms with Gasteiger partial charge < -0.3 is 14.0 Å². The molecule has 1 spiro atoms. The number of aromatic nitrogens is 1. The monoisotopic (exact) mass is 266 g/mol. The number of nitrogens with zero attached hydrogens (tertiary/aromatic N) is 2. The minimum Gasteiger partial charge on any atom is -0.379 e. The molecule has 0 radical (unpaired) electrons. The molecular weight excluding hydrogens is 244 g/mol. The summed E-state index contributed by atoms with van der Waals surface area (Å²) in [5.41, 5.74) is 1.01. The van der Waals surface area contributed by atoms with E-state index >= 15 is 0 Å². The lowest BCUT2D eigenvalue weighted by Gasteiger charge is -2.39. The molecule has 2 aliphatic heterocycles. The number of aryl methyl sites for hydroxylation is 1. The third-order valence-corrected chi connectivity index (χ3v) is 4.19. The number of likely N-dealkylation sites (tertiary alicyclic amines) is 1. The molecule has 0 N–H and O–H groups in total. The third-order valence-electron chi connectivity index (χ3n) is 4.19. The lowest BCUT2D eigenvalue weighted by atomic mass is 9.89. The molecule has 0 unspecified atom stereocenters. The number of piperidine rings is 1. The predicted octanol–water partition coefficient (Wildman–Crippen LogP) is 1.75. The second kappa shape index (κ2) is 5.23. The fraction of sp³-hybridized carbons (Fsp3) is 0.786. The van der Waals surface area contributed by atoms with E-state index in [0.717, 1.165) is 50.5 Å². The second-order valence-corrected chi connectivity index (χ2v) is 5.80. The van der Waals surface area contributed by atoms with Gasteiger partial charge in [-0.2, -0.15) is 0 Å². The Hall–Kier alpha value is -0.910. The molecule has 2 aliphatic rings. The summed E-state index contributed by atoms with van der Waals surface area (Å²) in [5.74, 6) is 0.873. The highest BCUT2D eigenvalue weighted by Crippen LogP contribution is 2.35. The van der Waals surface area contributed by atoms with Crippen molar-refractivity contribution in [2.45, 2.75) is 44.4 Å². The predicted molar refractivity (Wildman–Crippen MR) is 69.8 cm³/mol. The van der Waals surface area contributed by atoms with E-state index in [-0.39, 0.29) is 11.7 Å². The van der Waals surface area contributed by atoms with Crippen molar-refractivity contribution >= 4 is 0 Å². The van der Waals surface area contributed by atoms with Crippen LogP contribution in [0.2, 0.25) is 0 Å². The van der Waals surface area contributed by atoms with Crippen LogP contribution in [0.25, 0.3) is 0 Å². The molecule has 5 nitrogen and oxygen atoms in total. The first kappa shape index (κ1) is 13.1. The summed E-state index contributed by atoms with van der Waals surface area (Å²) in [6, 6.07) is 2.01. The van der Waals surface area contributed by atoms with Crippen LogP contribution in [-0.2, 0) is 16.0 Å². The molecule has 0 saturated carbocycles. The molecule has 5 heteroatoms. The highest BCUT2D eigenvalue weighted by atomic mass is 16.6. The lowest BCUT2D eigenvalue weighted by Crippen LogP contribution is -2.47. The molecule has 106 valence electrons. The Balaban J connectivity index is 1.62. The van der Waals surface area contributed by atoms with Gasteiger partial charge in [-0.25, -0.2) is 0 Å². The van der Waals surface area contributed by atoms with Gasteiger partial charge in [0.15, 0.2) is 0 Å². The zero-order chi connectivity index (χ0) is 13.3. The van der Waals surface area contributed by atoms with Gasteiger partial charge in [-0.05, 0) is 26.3 Å². The van der Waals surface area contributed by atoms with Gasteiger partial charge in [0.2, 0.25) is 0 Å². The first-order valence-corrected chi connectivity index (χ1v) is 7.00. The van der Waals surface area contributed by atoms with Crippen LogP contribution in [0.5, 0.6) is 0 Å². The van der Waals surface area contributed by atoms with Gasteiger partial charge in [0.1, 0.15) is 5.76 Å². The van der Waals surface area contributed by atoms with Crippen LogP contribution in [0.4, 0.5) is 0 Å². The molecule has 2 fully saturated rings. The molecule has 1 aromatic rings. The molecule has 0 aromatic carbocycles. The zero-order valence-electron chi connectivity index (χ0n) is 11.7. The fourth-order valence-electron chi connectivity index (χ4n) is 3.29. The Bertz CT molecular complexity index is 434. The molecule has 19 heavy (non-hydrogen) atoms. The molecule has 3 heterocycles. The Morgan fingerprint density at radius 2 is 2.47 bits per heavy atom. The van der Waals surface area contributed by atoms with Crippen molar-refractivity contribution in [2.24, 2.45) is 0 Å². The quantitative estimate of drug-likeness (QED) is 0.834. The van der Waals surface area contributed by atoms with Crippen molar-refractivity contribution in [3.8, 4) is 0 Å². The van der Waals surface area contributed by atoms with Gasteiger partial charge in [0, 0.05) is 32.7 Å². The van der Waals surface area contributed by atoms with Gasteiger partial charge in [0.05, 0.1) is 24.0 Å². The SMILES string of the molecule is CO[C@H]1CO[C@@]2(CCCN(Cc3cc(C)on3)C2)C1. The van der Waals surface area contributed by atoms with Gasteiger partial charge in [-0.15, -0.1) is 0 Å². The number of hydrogen-bond donors (Lipinski definition) is 0. The van der Waals surface area contributed by atoms with E-state index in [9.17, 15) is 0 Å². The van der Waals surface area contributed by atoms with Crippen molar-refractivity contribution in [1.29, 1.82) is 0 Å². The summed E-state index contributed by atoms with van der Waals surface area (Å²) in [5, 5.41) is 4.07. The zero-order valence-corrected chi connectivity index (χ0v) is 11.7. The van der Waals surface area contributed by atoms with Gasteiger partial charge in [0.25, 0.3) is 0 Å². The topological polar surface area (TPSA) is 47.7 Å². The average Bonchev–Trinajstić information content (AvgIpc) is 2.97. The molecule has 0 aliphatic carbocycles. The van der Waals surface area contributed by atoms with E-state index in [1.807, 2.05) is 13.0 Å². The van der Waals surface area contributed by atoms with Crippen LogP contribution in [0.15, 0.2) is 10.6 Å². The number of rotatable bonds is 3. The van der Waals surface area contributed by atoms with Crippen LogP contribution in [0.3, 0.4) is 0 Å². The number of ether oxygens (including phenoxy) is 2. The summed E-state index contributed by atoms with van der Waals surface area (Å²) in [7, 11) is 1.77. The second-order valence-electron chi connectivity index (χ2n) is 5.80. The van der Waals surface area contributed by atoms with Gasteiger partial charge >= 0.3 is 0 Å². The normalized spacial score (nSPS) is 32.2. The van der Waals surface area contributed by atoms with Crippen LogP contribution < -0.4 is 0 Å². The summed E-state index contributed by atoms with van der Waals surface area (Å²) < 4.78 is 16.6. The minimum absolute atomic E-state index is 0.00227. The fourth-order valence-corrected chi connectivity index (χ4v) is 3.29. The van der Waals surface area contributed by atoms with Crippen LogP contribution in [-0.4, -0.2) is 48.6 Å². The summed E-state index contributed by atoms with van der Waals surface area (Å²) in [6.07, 6.45) is 3.58. The summed E-state index contributed by atoms with van der Waals surface area (Å²) >= 11 is 0. The highest BCUT2D eigenvalue weighted by molar-refractivity contribution is 5.04. The molecule has 1 aromatic heterocycles. The van der Waals surface area contributed by atoms with E-state index in [4.69, 9.17) is 14.0 Å². The molecule has 0 amide bonds. The summed E-state index contributed by atoms with van der Waals surface area (Å²) in [6.45, 7) is 5.58. The van der Waals surface area contributed by atoms with Gasteiger partial charge in [-0.3, -0.25) is 4.90 Å². The van der Waals surface area contributed by atoms with Gasteiger partial charge in [-0.1, -0.05) is 5.16 Å². The highest BCUT2D eigenvalue weighted by Gasteiger charge is 2.43. The van der Waals surface area contributed by atoms with Crippen molar-refractivity contribution in [1.82, 2.24) is 10.1 Å². The Morgan fingerprint density at radius 3 is 3.16 bits per heavy atom. The van der Waals surface area contributed by atoms with Crippen molar-refractivity contribution in [3.05, 3.63) is 17.5 Å². The number of hydrogen-bond acceptors (Lipinski definition) is 5. The largest absolute Gasteiger partial charge is 0.379 e. The Morgan fingerprint density at radius 1 is 1.58 bits per heavy atom. The molecular formula is C14H22N2O3. The summed E-state index contributed by atoms with van der Waals surface area (Å²) in [4.78, 5) is 2.42. The first-order chi connectivity index (χ1) is 9.19. The van der Waals surface area contributed by atoms with E-state index in [2.05, 4.69) is 10.1 Å². The van der Waals surface area contributed by atoms with Crippen LogP contribution >= 0.6 is 0 Å². The molecule has 2 atom stereocenters. The Kier molecular flexibility index (Phi) is 3.60. The smallest absolute Gasteiger partial charge is 0.133 e.